The Balaban J connectivity index is 1.33. The maximum Gasteiger partial charge on any atom is 0.252 e. The van der Waals surface area contributed by atoms with Gasteiger partial charge in [0.2, 0.25) is 11.8 Å². The third-order valence-corrected chi connectivity index (χ3v) is 9.35. The first-order chi connectivity index (χ1) is 17.2. The number of nitrogens with two attached hydrogens (primary N) is 1. The lowest BCUT2D eigenvalue weighted by molar-refractivity contribution is -0.192. The van der Waals surface area contributed by atoms with Gasteiger partial charge in [0.1, 0.15) is 11.9 Å². The molecule has 1 saturated heterocycles. The van der Waals surface area contributed by atoms with E-state index in [1.807, 2.05) is 6.07 Å². The normalized spacial score (nSPS) is 33.9. The summed E-state index contributed by atoms with van der Waals surface area (Å²) in [5.74, 6) is 0.475. The van der Waals surface area contributed by atoms with Gasteiger partial charge in [0.05, 0.1) is 22.6 Å². The van der Waals surface area contributed by atoms with Crippen molar-refractivity contribution < 1.29 is 24.2 Å². The number of amides is 3. The molecule has 36 heavy (non-hydrogen) atoms. The molecule has 5 aliphatic rings. The molecule has 0 unspecified atom stereocenters. The second kappa shape index (κ2) is 8.45. The number of primary amides is 1. The number of ether oxygens (including phenoxy) is 1. The molecule has 9 heteroatoms. The maximum absolute atomic E-state index is 12.9. The Morgan fingerprint density at radius 3 is 2.75 bits per heavy atom. The van der Waals surface area contributed by atoms with Crippen LogP contribution in [-0.4, -0.2) is 71.2 Å². The Kier molecular flexibility index (Phi) is 5.57. The lowest BCUT2D eigenvalue weighted by Crippen LogP contribution is -2.78. The molecule has 2 aliphatic heterocycles. The lowest BCUT2D eigenvalue weighted by Gasteiger charge is -2.64. The number of hydrogen-bond donors (Lipinski definition) is 4. The highest BCUT2D eigenvalue weighted by Gasteiger charge is 2.73. The molecule has 2 bridgehead atoms. The van der Waals surface area contributed by atoms with E-state index in [2.05, 4.69) is 15.5 Å². The topological polar surface area (TPSA) is 134 Å². The molecule has 6 rings (SSSR count). The fourth-order valence-electron chi connectivity index (χ4n) is 7.63. The summed E-state index contributed by atoms with van der Waals surface area (Å²) in [6.07, 6.45) is 5.51. The van der Waals surface area contributed by atoms with Crippen LogP contribution in [0.2, 0.25) is 0 Å². The summed E-state index contributed by atoms with van der Waals surface area (Å²) in [5, 5.41) is 18.4. The molecule has 194 valence electrons. The minimum atomic E-state index is -0.994. The van der Waals surface area contributed by atoms with Crippen molar-refractivity contribution in [2.75, 3.05) is 19.6 Å². The summed E-state index contributed by atoms with van der Waals surface area (Å²) in [7, 11) is 0. The van der Waals surface area contributed by atoms with Gasteiger partial charge in [-0.25, -0.2) is 0 Å². The van der Waals surface area contributed by atoms with Crippen LogP contribution in [-0.2, 0) is 21.4 Å². The maximum atomic E-state index is 12.9. The van der Waals surface area contributed by atoms with E-state index in [1.54, 1.807) is 6.07 Å². The molecule has 3 fully saturated rings. The van der Waals surface area contributed by atoms with Gasteiger partial charge in [0.15, 0.2) is 0 Å². The van der Waals surface area contributed by atoms with Crippen LogP contribution >= 0.6 is 0 Å². The zero-order chi connectivity index (χ0) is 25.2. The van der Waals surface area contributed by atoms with Gasteiger partial charge >= 0.3 is 0 Å². The van der Waals surface area contributed by atoms with Crippen LogP contribution in [0.1, 0.15) is 73.4 Å². The highest BCUT2D eigenvalue weighted by Crippen LogP contribution is 2.64. The Bertz CT molecular complexity index is 1120. The van der Waals surface area contributed by atoms with E-state index in [0.29, 0.717) is 50.0 Å². The van der Waals surface area contributed by atoms with Crippen LogP contribution in [0.4, 0.5) is 0 Å². The van der Waals surface area contributed by atoms with Crippen molar-refractivity contribution in [2.45, 2.75) is 87.5 Å². The molecular formula is C27H36N4O5. The molecular weight excluding hydrogens is 460 g/mol. The lowest BCUT2D eigenvalue weighted by atomic mass is 9.48. The minimum absolute atomic E-state index is 0.00913. The van der Waals surface area contributed by atoms with Crippen LogP contribution in [0.3, 0.4) is 0 Å². The fraction of sp³-hybridized carbons (Fsp3) is 0.667. The van der Waals surface area contributed by atoms with Gasteiger partial charge in [0.25, 0.3) is 5.91 Å². The predicted molar refractivity (Wildman–Crippen MR) is 131 cm³/mol. The molecule has 0 aromatic heterocycles. The Hall–Kier alpha value is -2.65. The molecule has 1 aromatic rings. The highest BCUT2D eigenvalue weighted by molar-refractivity contribution is 5.97. The van der Waals surface area contributed by atoms with Gasteiger partial charge in [-0.15, -0.1) is 0 Å². The first-order valence-electron chi connectivity index (χ1n) is 13.4. The van der Waals surface area contributed by atoms with Crippen molar-refractivity contribution in [3.8, 4) is 5.75 Å². The number of rotatable bonds is 8. The second-order valence-electron chi connectivity index (χ2n) is 11.5. The number of nitrogens with zero attached hydrogens (tertiary/aromatic N) is 1. The largest absolute Gasteiger partial charge is 0.486 e. The summed E-state index contributed by atoms with van der Waals surface area (Å²) < 4.78 is 6.58. The average Bonchev–Trinajstić information content (AvgIpc) is 3.57. The van der Waals surface area contributed by atoms with Gasteiger partial charge < -0.3 is 26.2 Å². The molecule has 0 radical (unpaired) electrons. The molecule has 5 N–H and O–H groups in total. The zero-order valence-electron chi connectivity index (χ0n) is 20.8. The van der Waals surface area contributed by atoms with Crippen LogP contribution < -0.4 is 21.1 Å². The van der Waals surface area contributed by atoms with E-state index < -0.39 is 23.0 Å². The van der Waals surface area contributed by atoms with E-state index >= 15 is 0 Å². The number of nitrogens with one attached hydrogen (secondary N) is 2. The first kappa shape index (κ1) is 23.7. The summed E-state index contributed by atoms with van der Waals surface area (Å²) >= 11 is 0. The quantitative estimate of drug-likeness (QED) is 0.393. The van der Waals surface area contributed by atoms with Crippen molar-refractivity contribution in [2.24, 2.45) is 11.7 Å². The Morgan fingerprint density at radius 1 is 1.22 bits per heavy atom. The fourth-order valence-corrected chi connectivity index (χ4v) is 7.63. The standard InChI is InChI=1S/C27H36N4O5/c1-15(32)29-11-2-3-21(33)30-19-8-9-27(35)20-13-17-6-7-18(25(28)34)23-22(17)26(27,24(19)36-23)10-12-31(20)14-16-4-5-16/h6-7,16,19-20,24,35H,2-5,8-14H2,1H3,(H2,28,34)(H,29,32)(H,30,33)/t19-,20-,24+,26+,27-/m1/s1. The van der Waals surface area contributed by atoms with Crippen molar-refractivity contribution in [3.05, 3.63) is 28.8 Å². The zero-order valence-corrected chi connectivity index (χ0v) is 20.8. The Morgan fingerprint density at radius 2 is 2.03 bits per heavy atom. The third-order valence-electron chi connectivity index (χ3n) is 9.35. The SMILES string of the molecule is CC(=O)NCCCC(=O)N[C@@H]1CC[C@@]2(O)[C@H]3Cc4ccc(C(N)=O)c5c4[C@@]2(CCN3CC2CC2)[C@H]1O5. The number of piperidine rings is 1. The molecule has 2 saturated carbocycles. The van der Waals surface area contributed by atoms with E-state index in [4.69, 9.17) is 10.5 Å². The van der Waals surface area contributed by atoms with Crippen molar-refractivity contribution in [3.63, 3.8) is 0 Å². The summed E-state index contributed by atoms with van der Waals surface area (Å²) in [4.78, 5) is 38.8. The van der Waals surface area contributed by atoms with Gasteiger partial charge in [-0.2, -0.15) is 0 Å². The van der Waals surface area contributed by atoms with E-state index in [0.717, 1.165) is 36.6 Å². The summed E-state index contributed by atoms with van der Waals surface area (Å²) in [6, 6.07) is 3.45. The molecule has 1 spiro atoms. The van der Waals surface area contributed by atoms with Crippen LogP contribution in [0.25, 0.3) is 0 Å². The molecule has 5 atom stereocenters. The number of carbonyl (C=O) groups is 3. The smallest absolute Gasteiger partial charge is 0.252 e. The number of likely N-dealkylation sites (tertiary alicyclic amines) is 1. The summed E-state index contributed by atoms with van der Waals surface area (Å²) in [6.45, 7) is 3.79. The van der Waals surface area contributed by atoms with E-state index in [9.17, 15) is 19.5 Å². The van der Waals surface area contributed by atoms with Gasteiger partial charge in [0, 0.05) is 38.0 Å². The second-order valence-corrected chi connectivity index (χ2v) is 11.5. The number of aliphatic hydroxyl groups is 1. The van der Waals surface area contributed by atoms with Gasteiger partial charge in [-0.05, 0) is 69.0 Å². The van der Waals surface area contributed by atoms with Crippen LogP contribution in [0.5, 0.6) is 5.75 Å². The minimum Gasteiger partial charge on any atom is -0.486 e. The van der Waals surface area contributed by atoms with E-state index in [1.165, 1.54) is 19.8 Å². The monoisotopic (exact) mass is 496 g/mol. The molecule has 1 aromatic carbocycles. The van der Waals surface area contributed by atoms with Crippen molar-refractivity contribution in [1.82, 2.24) is 15.5 Å². The molecule has 9 nitrogen and oxygen atoms in total. The number of benzene rings is 1. The van der Waals surface area contributed by atoms with Gasteiger partial charge in [-0.3, -0.25) is 19.3 Å². The van der Waals surface area contributed by atoms with Crippen LogP contribution in [0, 0.1) is 5.92 Å². The molecule has 3 aliphatic carbocycles. The van der Waals surface area contributed by atoms with Crippen LogP contribution in [0.15, 0.2) is 12.1 Å². The van der Waals surface area contributed by atoms with Gasteiger partial charge in [-0.1, -0.05) is 6.07 Å². The third kappa shape index (κ3) is 3.46. The average molecular weight is 497 g/mol. The number of hydrogen-bond acceptors (Lipinski definition) is 6. The van der Waals surface area contributed by atoms with Crippen molar-refractivity contribution >= 4 is 17.7 Å². The van der Waals surface area contributed by atoms with Crippen molar-refractivity contribution in [1.29, 1.82) is 0 Å². The molecule has 3 amide bonds. The summed E-state index contributed by atoms with van der Waals surface area (Å²) in [5.41, 5.74) is 6.47. The number of carbonyl (C=O) groups excluding carboxylic acids is 3. The van der Waals surface area contributed by atoms with E-state index in [-0.39, 0.29) is 23.9 Å². The first-order valence-corrected chi connectivity index (χ1v) is 13.4. The predicted octanol–water partition coefficient (Wildman–Crippen LogP) is 0.751. The molecule has 2 heterocycles. The Labute approximate surface area is 211 Å². The highest BCUT2D eigenvalue weighted by atomic mass is 16.5.